The number of nitrogens with one attached hydrogen (secondary N) is 1. The number of oxazole rings is 1. The lowest BCUT2D eigenvalue weighted by atomic mass is 10.1. The summed E-state index contributed by atoms with van der Waals surface area (Å²) in [5, 5.41) is 2.77. The second-order valence-corrected chi connectivity index (χ2v) is 5.58. The highest BCUT2D eigenvalue weighted by atomic mass is 16.4. The first-order valence-corrected chi connectivity index (χ1v) is 7.74. The van der Waals surface area contributed by atoms with Crippen LogP contribution in [0.25, 0.3) is 11.5 Å². The van der Waals surface area contributed by atoms with Crippen molar-refractivity contribution in [1.82, 2.24) is 4.98 Å². The molecule has 2 amide bonds. The first-order chi connectivity index (χ1) is 12.0. The molecule has 25 heavy (non-hydrogen) atoms. The van der Waals surface area contributed by atoms with Gasteiger partial charge in [0.1, 0.15) is 5.76 Å². The van der Waals surface area contributed by atoms with Crippen LogP contribution in [0.1, 0.15) is 21.8 Å². The molecule has 1 heterocycles. The number of primary amides is 1. The van der Waals surface area contributed by atoms with Gasteiger partial charge in [0.15, 0.2) is 5.69 Å². The van der Waals surface area contributed by atoms with Gasteiger partial charge in [0.25, 0.3) is 5.91 Å². The highest BCUT2D eigenvalue weighted by molar-refractivity contribution is 6.03. The average Bonchev–Trinajstić information content (AvgIpc) is 2.99. The van der Waals surface area contributed by atoms with Gasteiger partial charge < -0.3 is 15.5 Å². The summed E-state index contributed by atoms with van der Waals surface area (Å²) in [6, 6.07) is 16.3. The Labute approximate surface area is 144 Å². The molecule has 0 aliphatic heterocycles. The molecule has 126 valence electrons. The quantitative estimate of drug-likeness (QED) is 0.749. The van der Waals surface area contributed by atoms with Crippen molar-refractivity contribution in [3.8, 4) is 11.5 Å². The van der Waals surface area contributed by atoms with Crippen LogP contribution >= 0.6 is 0 Å². The molecule has 6 nitrogen and oxygen atoms in total. The van der Waals surface area contributed by atoms with Crippen LogP contribution in [0.15, 0.2) is 59.0 Å². The Morgan fingerprint density at radius 1 is 1.08 bits per heavy atom. The highest BCUT2D eigenvalue weighted by Gasteiger charge is 2.18. The Kier molecular flexibility index (Phi) is 4.61. The minimum absolute atomic E-state index is 0.164. The van der Waals surface area contributed by atoms with Gasteiger partial charge in [-0.25, -0.2) is 4.98 Å². The van der Waals surface area contributed by atoms with Crippen LogP contribution in [-0.2, 0) is 11.2 Å². The Bertz CT molecular complexity index is 899. The summed E-state index contributed by atoms with van der Waals surface area (Å²) >= 11 is 0. The lowest BCUT2D eigenvalue weighted by Crippen LogP contribution is -2.15. The number of hydrogen-bond donors (Lipinski definition) is 2. The Morgan fingerprint density at radius 3 is 2.40 bits per heavy atom. The number of rotatable bonds is 5. The van der Waals surface area contributed by atoms with E-state index in [4.69, 9.17) is 10.2 Å². The third kappa shape index (κ3) is 3.92. The number of carbonyl (C=O) groups is 2. The number of benzene rings is 2. The molecule has 0 atom stereocenters. The molecule has 0 spiro atoms. The molecule has 2 aromatic carbocycles. The van der Waals surface area contributed by atoms with Gasteiger partial charge in [-0.3, -0.25) is 9.59 Å². The third-order valence-electron chi connectivity index (χ3n) is 3.62. The molecule has 6 heteroatoms. The molecule has 0 aliphatic rings. The first kappa shape index (κ1) is 16.4. The van der Waals surface area contributed by atoms with Crippen molar-refractivity contribution in [2.45, 2.75) is 13.3 Å². The van der Waals surface area contributed by atoms with Crippen molar-refractivity contribution in [1.29, 1.82) is 0 Å². The van der Waals surface area contributed by atoms with E-state index in [0.29, 0.717) is 17.3 Å². The summed E-state index contributed by atoms with van der Waals surface area (Å²) in [5.41, 5.74) is 7.59. The van der Waals surface area contributed by atoms with Gasteiger partial charge in [-0.2, -0.15) is 0 Å². The van der Waals surface area contributed by atoms with E-state index < -0.39 is 5.91 Å². The van der Waals surface area contributed by atoms with Crippen molar-refractivity contribution < 1.29 is 14.0 Å². The molecule has 0 saturated heterocycles. The molecule has 0 fully saturated rings. The van der Waals surface area contributed by atoms with Crippen LogP contribution < -0.4 is 11.1 Å². The van der Waals surface area contributed by atoms with E-state index in [1.165, 1.54) is 0 Å². The minimum Gasteiger partial charge on any atom is -0.441 e. The van der Waals surface area contributed by atoms with Crippen LogP contribution in [0.3, 0.4) is 0 Å². The maximum absolute atomic E-state index is 12.4. The van der Waals surface area contributed by atoms with Crippen LogP contribution in [0.2, 0.25) is 0 Å². The molecule has 0 aliphatic carbocycles. The summed E-state index contributed by atoms with van der Waals surface area (Å²) in [7, 11) is 0. The topological polar surface area (TPSA) is 98.2 Å². The monoisotopic (exact) mass is 335 g/mol. The zero-order valence-electron chi connectivity index (χ0n) is 13.7. The largest absolute Gasteiger partial charge is 0.441 e. The molecule has 0 radical (unpaired) electrons. The summed E-state index contributed by atoms with van der Waals surface area (Å²) in [4.78, 5) is 27.6. The van der Waals surface area contributed by atoms with E-state index in [9.17, 15) is 9.59 Å². The van der Waals surface area contributed by atoms with Crippen molar-refractivity contribution in [2.24, 2.45) is 5.73 Å². The molecule has 1 aromatic heterocycles. The van der Waals surface area contributed by atoms with Gasteiger partial charge in [0, 0.05) is 11.3 Å². The maximum atomic E-state index is 12.4. The Hall–Kier alpha value is -3.41. The van der Waals surface area contributed by atoms with Crippen molar-refractivity contribution in [3.63, 3.8) is 0 Å². The third-order valence-corrected chi connectivity index (χ3v) is 3.62. The summed E-state index contributed by atoms with van der Waals surface area (Å²) in [6.45, 7) is 1.70. The van der Waals surface area contributed by atoms with Gasteiger partial charge >= 0.3 is 0 Å². The zero-order chi connectivity index (χ0) is 17.8. The normalized spacial score (nSPS) is 10.4. The number of aromatic nitrogens is 1. The fourth-order valence-electron chi connectivity index (χ4n) is 2.41. The van der Waals surface area contributed by atoms with E-state index >= 15 is 0 Å². The Morgan fingerprint density at radius 2 is 1.76 bits per heavy atom. The summed E-state index contributed by atoms with van der Waals surface area (Å²) in [6.07, 6.45) is 0.164. The van der Waals surface area contributed by atoms with E-state index in [2.05, 4.69) is 10.3 Å². The summed E-state index contributed by atoms with van der Waals surface area (Å²) in [5.74, 6) is 0.0938. The molecule has 3 N–H and O–H groups in total. The van der Waals surface area contributed by atoms with Crippen LogP contribution in [0, 0.1) is 6.92 Å². The number of carbonyl (C=O) groups excluding carboxylic acids is 2. The van der Waals surface area contributed by atoms with Gasteiger partial charge in [-0.05, 0) is 36.8 Å². The number of amides is 2. The second-order valence-electron chi connectivity index (χ2n) is 5.58. The van der Waals surface area contributed by atoms with E-state index in [0.717, 1.165) is 11.1 Å². The number of nitrogens with zero attached hydrogens (tertiary/aromatic N) is 1. The molecular formula is C19H17N3O3. The second kappa shape index (κ2) is 7.00. The number of aryl methyl sites for hydroxylation is 1. The lowest BCUT2D eigenvalue weighted by molar-refractivity contribution is -0.117. The van der Waals surface area contributed by atoms with Gasteiger partial charge in [-0.1, -0.05) is 30.3 Å². The SMILES string of the molecule is Cc1oc(-c2ccccc2)nc1C(=O)Nc1ccc(CC(N)=O)cc1. The van der Waals surface area contributed by atoms with E-state index in [-0.39, 0.29) is 18.0 Å². The van der Waals surface area contributed by atoms with Crippen molar-refractivity contribution in [2.75, 3.05) is 5.32 Å². The molecule has 3 aromatic rings. The standard InChI is InChI=1S/C19H17N3O3/c1-12-17(22-19(25-12)14-5-3-2-4-6-14)18(24)21-15-9-7-13(8-10-15)11-16(20)23/h2-10H,11H2,1H3,(H2,20,23)(H,21,24). The number of anilines is 1. The van der Waals surface area contributed by atoms with E-state index in [1.807, 2.05) is 30.3 Å². The fraction of sp³-hybridized carbons (Fsp3) is 0.105. The predicted octanol–water partition coefficient (Wildman–Crippen LogP) is 2.93. The molecule has 0 unspecified atom stereocenters. The smallest absolute Gasteiger partial charge is 0.277 e. The Balaban J connectivity index is 1.75. The predicted molar refractivity (Wildman–Crippen MR) is 94.0 cm³/mol. The molecule has 0 bridgehead atoms. The molecule has 3 rings (SSSR count). The van der Waals surface area contributed by atoms with E-state index in [1.54, 1.807) is 31.2 Å². The average molecular weight is 335 g/mol. The molecular weight excluding hydrogens is 318 g/mol. The van der Waals surface area contributed by atoms with Gasteiger partial charge in [-0.15, -0.1) is 0 Å². The first-order valence-electron chi connectivity index (χ1n) is 7.74. The number of nitrogens with two attached hydrogens (primary N) is 1. The van der Waals surface area contributed by atoms with Gasteiger partial charge in [0.2, 0.25) is 11.8 Å². The fourth-order valence-corrected chi connectivity index (χ4v) is 2.41. The molecule has 0 saturated carbocycles. The van der Waals surface area contributed by atoms with Gasteiger partial charge in [0.05, 0.1) is 6.42 Å². The van der Waals surface area contributed by atoms with Crippen LogP contribution in [0.5, 0.6) is 0 Å². The maximum Gasteiger partial charge on any atom is 0.277 e. The highest BCUT2D eigenvalue weighted by Crippen LogP contribution is 2.22. The zero-order valence-corrected chi connectivity index (χ0v) is 13.7. The van der Waals surface area contributed by atoms with Crippen molar-refractivity contribution >= 4 is 17.5 Å². The van der Waals surface area contributed by atoms with Crippen molar-refractivity contribution in [3.05, 3.63) is 71.6 Å². The minimum atomic E-state index is -0.400. The number of hydrogen-bond acceptors (Lipinski definition) is 4. The summed E-state index contributed by atoms with van der Waals surface area (Å²) < 4.78 is 5.60. The van der Waals surface area contributed by atoms with Crippen LogP contribution in [-0.4, -0.2) is 16.8 Å². The lowest BCUT2D eigenvalue weighted by Gasteiger charge is -2.04. The van der Waals surface area contributed by atoms with Crippen LogP contribution in [0.4, 0.5) is 5.69 Å².